The fourth-order valence-electron chi connectivity index (χ4n) is 1.54. The van der Waals surface area contributed by atoms with Crippen molar-refractivity contribution in [2.45, 2.75) is 39.8 Å². The van der Waals surface area contributed by atoms with E-state index in [1.54, 1.807) is 6.20 Å². The van der Waals surface area contributed by atoms with Crippen LogP contribution in [0.5, 0.6) is 0 Å². The Morgan fingerprint density at radius 3 is 2.89 bits per heavy atom. The summed E-state index contributed by atoms with van der Waals surface area (Å²) in [5, 5.41) is 7.57. The summed E-state index contributed by atoms with van der Waals surface area (Å²) < 4.78 is 1.40. The van der Waals surface area contributed by atoms with Crippen LogP contribution in [-0.2, 0) is 6.54 Å². The van der Waals surface area contributed by atoms with Gasteiger partial charge in [-0.25, -0.2) is 4.68 Å². The fraction of sp³-hybridized carbons (Fsp3) is 0.667. The van der Waals surface area contributed by atoms with Crippen molar-refractivity contribution in [3.63, 3.8) is 0 Å². The predicted molar refractivity (Wildman–Crippen MR) is 79.9 cm³/mol. The van der Waals surface area contributed by atoms with Crippen molar-refractivity contribution < 1.29 is 0 Å². The summed E-state index contributed by atoms with van der Waals surface area (Å²) in [6.07, 6.45) is 2.49. The summed E-state index contributed by atoms with van der Waals surface area (Å²) in [6.45, 7) is 6.78. The molecule has 1 rings (SSSR count). The maximum atomic E-state index is 11.9. The lowest BCUT2D eigenvalue weighted by molar-refractivity contribution is 0.568. The third kappa shape index (κ3) is 4.21. The van der Waals surface area contributed by atoms with Gasteiger partial charge in [0.15, 0.2) is 0 Å². The molecular weight excluding hydrogens is 270 g/mol. The van der Waals surface area contributed by atoms with Gasteiger partial charge in [-0.1, -0.05) is 25.4 Å². The van der Waals surface area contributed by atoms with E-state index >= 15 is 0 Å². The number of nitrogens with zero attached hydrogens (tertiary/aromatic N) is 2. The van der Waals surface area contributed by atoms with E-state index in [9.17, 15) is 4.79 Å². The number of anilines is 1. The molecule has 102 valence electrons. The standard InChI is InChI=1S/C12H20ClN3OS/c1-4-6-16-12(17)11(13)10(7-14-16)15-9(3)8-18-5-2/h7,9,15H,4-6,8H2,1-3H3. The number of hydrogen-bond donors (Lipinski definition) is 1. The highest BCUT2D eigenvalue weighted by Gasteiger charge is 2.10. The third-order valence-electron chi connectivity index (χ3n) is 2.39. The molecule has 1 aromatic heterocycles. The van der Waals surface area contributed by atoms with Crippen LogP contribution in [0.1, 0.15) is 27.2 Å². The minimum Gasteiger partial charge on any atom is -0.379 e. The fourth-order valence-corrected chi connectivity index (χ4v) is 2.41. The van der Waals surface area contributed by atoms with Crippen molar-refractivity contribution in [1.29, 1.82) is 0 Å². The summed E-state index contributed by atoms with van der Waals surface area (Å²) in [4.78, 5) is 11.9. The molecule has 6 heteroatoms. The molecule has 0 bridgehead atoms. The highest BCUT2D eigenvalue weighted by atomic mass is 35.5. The minimum absolute atomic E-state index is 0.223. The molecule has 1 N–H and O–H groups in total. The van der Waals surface area contributed by atoms with Gasteiger partial charge in [-0.05, 0) is 19.1 Å². The van der Waals surface area contributed by atoms with Crippen LogP contribution in [0.4, 0.5) is 5.69 Å². The quantitative estimate of drug-likeness (QED) is 0.838. The zero-order valence-corrected chi connectivity index (χ0v) is 12.6. The van der Waals surface area contributed by atoms with Crippen LogP contribution in [0.2, 0.25) is 5.02 Å². The van der Waals surface area contributed by atoms with Gasteiger partial charge in [-0.15, -0.1) is 0 Å². The first kappa shape index (κ1) is 15.4. The number of hydrogen-bond acceptors (Lipinski definition) is 4. The van der Waals surface area contributed by atoms with Gasteiger partial charge in [0.1, 0.15) is 5.02 Å². The average Bonchev–Trinajstić information content (AvgIpc) is 2.36. The van der Waals surface area contributed by atoms with Crippen LogP contribution < -0.4 is 10.9 Å². The third-order valence-corrected chi connectivity index (χ3v) is 3.90. The second-order valence-electron chi connectivity index (χ2n) is 4.11. The number of thioether (sulfide) groups is 1. The lowest BCUT2D eigenvalue weighted by Gasteiger charge is -2.15. The van der Waals surface area contributed by atoms with Crippen LogP contribution in [0.15, 0.2) is 11.0 Å². The van der Waals surface area contributed by atoms with Gasteiger partial charge in [-0.3, -0.25) is 4.79 Å². The molecule has 1 heterocycles. The van der Waals surface area contributed by atoms with E-state index in [1.165, 1.54) is 4.68 Å². The number of rotatable bonds is 7. The lowest BCUT2D eigenvalue weighted by Crippen LogP contribution is -2.26. The predicted octanol–water partition coefficient (Wildman–Crippen LogP) is 2.86. The van der Waals surface area contributed by atoms with Gasteiger partial charge in [-0.2, -0.15) is 16.9 Å². The second-order valence-corrected chi connectivity index (χ2v) is 5.80. The van der Waals surface area contributed by atoms with E-state index in [-0.39, 0.29) is 16.6 Å². The second kappa shape index (κ2) is 7.69. The Kier molecular flexibility index (Phi) is 6.57. The SMILES string of the molecule is CCCn1ncc(NC(C)CSCC)c(Cl)c1=O. The van der Waals surface area contributed by atoms with E-state index in [2.05, 4.69) is 24.3 Å². The van der Waals surface area contributed by atoms with Crippen molar-refractivity contribution in [3.05, 3.63) is 21.6 Å². The zero-order chi connectivity index (χ0) is 13.5. The molecule has 0 fully saturated rings. The van der Waals surface area contributed by atoms with Crippen LogP contribution in [-0.4, -0.2) is 27.3 Å². The zero-order valence-electron chi connectivity index (χ0n) is 11.1. The number of aryl methyl sites for hydroxylation is 1. The van der Waals surface area contributed by atoms with Crippen molar-refractivity contribution >= 4 is 29.1 Å². The molecule has 0 radical (unpaired) electrons. The Hall–Kier alpha value is -0.680. The molecule has 0 amide bonds. The average molecular weight is 290 g/mol. The molecule has 1 unspecified atom stereocenters. The first-order valence-electron chi connectivity index (χ1n) is 6.20. The summed E-state index contributed by atoms with van der Waals surface area (Å²) >= 11 is 7.92. The maximum absolute atomic E-state index is 11.9. The van der Waals surface area contributed by atoms with E-state index < -0.39 is 0 Å². The minimum atomic E-state index is -0.223. The molecule has 0 saturated heterocycles. The Labute approximate surface area is 117 Å². The Bertz CT molecular complexity index is 436. The number of halogens is 1. The summed E-state index contributed by atoms with van der Waals surface area (Å²) in [7, 11) is 0. The van der Waals surface area contributed by atoms with E-state index in [1.807, 2.05) is 18.7 Å². The Morgan fingerprint density at radius 2 is 2.28 bits per heavy atom. The van der Waals surface area contributed by atoms with E-state index in [0.717, 1.165) is 17.9 Å². The van der Waals surface area contributed by atoms with Gasteiger partial charge in [0.05, 0.1) is 11.9 Å². The largest absolute Gasteiger partial charge is 0.379 e. The van der Waals surface area contributed by atoms with Crippen molar-refractivity contribution in [2.75, 3.05) is 16.8 Å². The molecule has 0 aliphatic carbocycles. The molecule has 0 aliphatic rings. The van der Waals surface area contributed by atoms with Crippen molar-refractivity contribution in [1.82, 2.24) is 9.78 Å². The molecule has 0 spiro atoms. The highest BCUT2D eigenvalue weighted by Crippen LogP contribution is 2.17. The number of aromatic nitrogens is 2. The van der Waals surface area contributed by atoms with Crippen molar-refractivity contribution in [3.8, 4) is 0 Å². The maximum Gasteiger partial charge on any atom is 0.287 e. The summed E-state index contributed by atoms with van der Waals surface area (Å²) in [5.41, 5.74) is 0.400. The first-order valence-corrected chi connectivity index (χ1v) is 7.73. The van der Waals surface area contributed by atoms with Gasteiger partial charge < -0.3 is 5.32 Å². The van der Waals surface area contributed by atoms with Crippen LogP contribution in [0, 0.1) is 0 Å². The van der Waals surface area contributed by atoms with E-state index in [4.69, 9.17) is 11.6 Å². The summed E-state index contributed by atoms with van der Waals surface area (Å²) in [6, 6.07) is 0.260. The van der Waals surface area contributed by atoms with Gasteiger partial charge in [0, 0.05) is 18.3 Å². The first-order chi connectivity index (χ1) is 8.60. The van der Waals surface area contributed by atoms with Gasteiger partial charge in [0.2, 0.25) is 0 Å². The summed E-state index contributed by atoms with van der Waals surface area (Å²) in [5.74, 6) is 2.06. The Morgan fingerprint density at radius 1 is 1.56 bits per heavy atom. The smallest absolute Gasteiger partial charge is 0.287 e. The molecular formula is C12H20ClN3OS. The molecule has 18 heavy (non-hydrogen) atoms. The van der Waals surface area contributed by atoms with Gasteiger partial charge in [0.25, 0.3) is 5.56 Å². The molecule has 1 aromatic rings. The van der Waals surface area contributed by atoms with Crippen LogP contribution >= 0.6 is 23.4 Å². The molecule has 0 aromatic carbocycles. The van der Waals surface area contributed by atoms with Crippen molar-refractivity contribution in [2.24, 2.45) is 0 Å². The monoisotopic (exact) mass is 289 g/mol. The molecule has 0 aliphatic heterocycles. The topological polar surface area (TPSA) is 46.9 Å². The van der Waals surface area contributed by atoms with E-state index in [0.29, 0.717) is 12.2 Å². The Balaban J connectivity index is 2.79. The molecule has 0 saturated carbocycles. The molecule has 4 nitrogen and oxygen atoms in total. The van der Waals surface area contributed by atoms with Crippen LogP contribution in [0.25, 0.3) is 0 Å². The highest BCUT2D eigenvalue weighted by molar-refractivity contribution is 7.99. The van der Waals surface area contributed by atoms with Gasteiger partial charge >= 0.3 is 0 Å². The molecule has 1 atom stereocenters. The lowest BCUT2D eigenvalue weighted by atomic mass is 10.3. The normalized spacial score (nSPS) is 12.4. The number of nitrogens with one attached hydrogen (secondary N) is 1. The van der Waals surface area contributed by atoms with Crippen LogP contribution in [0.3, 0.4) is 0 Å².